The summed E-state index contributed by atoms with van der Waals surface area (Å²) in [6.45, 7) is 2.62. The smallest absolute Gasteiger partial charge is 0.339 e. The summed E-state index contributed by atoms with van der Waals surface area (Å²) in [5.41, 5.74) is 2.03. The maximum Gasteiger partial charge on any atom is 0.339 e. The Morgan fingerprint density at radius 2 is 1.65 bits per heavy atom. The lowest BCUT2D eigenvalue weighted by Crippen LogP contribution is -2.09. The molecule has 2 aromatic rings. The van der Waals surface area contributed by atoms with Crippen molar-refractivity contribution in [3.63, 3.8) is 0 Å². The van der Waals surface area contributed by atoms with E-state index in [1.165, 1.54) is 12.1 Å². The van der Waals surface area contributed by atoms with E-state index >= 15 is 0 Å². The summed E-state index contributed by atoms with van der Waals surface area (Å²) in [5, 5.41) is 0. The molecule has 0 saturated carbocycles. The summed E-state index contributed by atoms with van der Waals surface area (Å²) in [4.78, 5) is 0.151. The second-order valence-corrected chi connectivity index (χ2v) is 6.29. The van der Waals surface area contributed by atoms with Crippen LogP contribution in [0.1, 0.15) is 17.2 Å². The summed E-state index contributed by atoms with van der Waals surface area (Å²) in [7, 11) is -3.78. The molecule has 0 amide bonds. The van der Waals surface area contributed by atoms with E-state index in [4.69, 9.17) is 8.92 Å². The topological polar surface area (TPSA) is 55.9 Å². The van der Waals surface area contributed by atoms with Crippen molar-refractivity contribution in [3.8, 4) is 5.75 Å². The molecule has 104 valence electrons. The first-order valence-electron chi connectivity index (χ1n) is 6.27. The van der Waals surface area contributed by atoms with E-state index in [1.54, 1.807) is 24.3 Å². The van der Waals surface area contributed by atoms with Crippen LogP contribution in [0.4, 0.5) is 0 Å². The first-order chi connectivity index (χ1) is 9.54. The summed E-state index contributed by atoms with van der Waals surface area (Å²) in [5.74, 6) is 0.301. The van der Waals surface area contributed by atoms with E-state index < -0.39 is 10.1 Å². The second kappa shape index (κ2) is 4.92. The molecule has 0 N–H and O–H groups in total. The fourth-order valence-corrected chi connectivity index (χ4v) is 2.79. The molecule has 1 heterocycles. The Morgan fingerprint density at radius 1 is 1.05 bits per heavy atom. The molecule has 0 aliphatic carbocycles. The van der Waals surface area contributed by atoms with Crippen LogP contribution in [0.2, 0.25) is 0 Å². The van der Waals surface area contributed by atoms with Gasteiger partial charge in [0.15, 0.2) is 0 Å². The van der Waals surface area contributed by atoms with Gasteiger partial charge in [0.25, 0.3) is 0 Å². The quantitative estimate of drug-likeness (QED) is 0.642. The summed E-state index contributed by atoms with van der Waals surface area (Å²) >= 11 is 0. The summed E-state index contributed by atoms with van der Waals surface area (Å²) < 4.78 is 34.5. The number of benzene rings is 2. The summed E-state index contributed by atoms with van der Waals surface area (Å²) in [6.07, 6.45) is 0.151. The third-order valence-corrected chi connectivity index (χ3v) is 4.36. The predicted molar refractivity (Wildman–Crippen MR) is 74.1 cm³/mol. The van der Waals surface area contributed by atoms with Crippen LogP contribution in [0.3, 0.4) is 0 Å². The maximum atomic E-state index is 12.1. The molecule has 1 fully saturated rings. The van der Waals surface area contributed by atoms with Crippen molar-refractivity contribution in [2.45, 2.75) is 17.9 Å². The van der Waals surface area contributed by atoms with E-state index in [0.29, 0.717) is 5.75 Å². The van der Waals surface area contributed by atoms with E-state index in [9.17, 15) is 8.42 Å². The lowest BCUT2D eigenvalue weighted by molar-refractivity contribution is 0.415. The standard InChI is InChI=1S/C15H14O4S/c1-11-2-8-14(9-3-11)20(16,17)19-13-6-4-12(5-7-13)15-10-18-15/h2-9,15H,10H2,1H3/t15-/m1/s1. The van der Waals surface area contributed by atoms with Gasteiger partial charge in [0.1, 0.15) is 16.7 Å². The van der Waals surface area contributed by atoms with Gasteiger partial charge >= 0.3 is 10.1 Å². The number of hydrogen-bond acceptors (Lipinski definition) is 4. The van der Waals surface area contributed by atoms with E-state index in [0.717, 1.165) is 17.7 Å². The minimum absolute atomic E-state index is 0.151. The van der Waals surface area contributed by atoms with Crippen LogP contribution in [0.15, 0.2) is 53.4 Å². The van der Waals surface area contributed by atoms with Crippen molar-refractivity contribution in [3.05, 3.63) is 59.7 Å². The molecule has 0 spiro atoms. The fourth-order valence-electron chi connectivity index (χ4n) is 1.86. The number of ether oxygens (including phenoxy) is 1. The highest BCUT2D eigenvalue weighted by Gasteiger charge is 2.24. The zero-order chi connectivity index (χ0) is 14.2. The molecule has 1 atom stereocenters. The number of epoxide rings is 1. The van der Waals surface area contributed by atoms with Gasteiger partial charge in [-0.3, -0.25) is 0 Å². The molecule has 2 aromatic carbocycles. The lowest BCUT2D eigenvalue weighted by Gasteiger charge is -2.07. The van der Waals surface area contributed by atoms with E-state index in [2.05, 4.69) is 0 Å². The van der Waals surface area contributed by atoms with Crippen LogP contribution in [0.5, 0.6) is 5.75 Å². The summed E-state index contributed by atoms with van der Waals surface area (Å²) in [6, 6.07) is 13.5. The van der Waals surface area contributed by atoms with Crippen LogP contribution in [-0.4, -0.2) is 15.0 Å². The Labute approximate surface area is 118 Å². The van der Waals surface area contributed by atoms with Crippen molar-refractivity contribution >= 4 is 10.1 Å². The minimum Gasteiger partial charge on any atom is -0.379 e. The van der Waals surface area contributed by atoms with Crippen LogP contribution in [0.25, 0.3) is 0 Å². The van der Waals surface area contributed by atoms with E-state index in [1.807, 2.05) is 19.1 Å². The Kier molecular flexibility index (Phi) is 3.23. The van der Waals surface area contributed by atoms with Crippen LogP contribution < -0.4 is 4.18 Å². The van der Waals surface area contributed by atoms with Gasteiger partial charge in [0.2, 0.25) is 0 Å². The van der Waals surface area contributed by atoms with Gasteiger partial charge in [-0.05, 0) is 36.8 Å². The largest absolute Gasteiger partial charge is 0.379 e. The third kappa shape index (κ3) is 2.84. The number of hydrogen-bond donors (Lipinski definition) is 0. The average molecular weight is 290 g/mol. The molecular formula is C15H14O4S. The lowest BCUT2D eigenvalue weighted by atomic mass is 10.2. The molecule has 3 rings (SSSR count). The second-order valence-electron chi connectivity index (χ2n) is 4.74. The highest BCUT2D eigenvalue weighted by molar-refractivity contribution is 7.87. The first kappa shape index (κ1) is 13.1. The molecule has 20 heavy (non-hydrogen) atoms. The zero-order valence-electron chi connectivity index (χ0n) is 10.9. The highest BCUT2D eigenvalue weighted by Crippen LogP contribution is 2.31. The molecule has 1 saturated heterocycles. The zero-order valence-corrected chi connectivity index (χ0v) is 11.8. The average Bonchev–Trinajstić information content (AvgIpc) is 3.24. The Morgan fingerprint density at radius 3 is 2.20 bits per heavy atom. The van der Waals surface area contributed by atoms with Crippen LogP contribution in [0, 0.1) is 6.92 Å². The molecule has 4 nitrogen and oxygen atoms in total. The van der Waals surface area contributed by atoms with E-state index in [-0.39, 0.29) is 11.0 Å². The monoisotopic (exact) mass is 290 g/mol. The van der Waals surface area contributed by atoms with Gasteiger partial charge in [0.05, 0.1) is 6.61 Å². The highest BCUT2D eigenvalue weighted by atomic mass is 32.2. The van der Waals surface area contributed by atoms with Crippen LogP contribution in [-0.2, 0) is 14.9 Å². The van der Waals surface area contributed by atoms with Gasteiger partial charge < -0.3 is 8.92 Å². The Hall–Kier alpha value is -1.85. The number of aryl methyl sites for hydroxylation is 1. The molecule has 0 bridgehead atoms. The molecule has 0 radical (unpaired) electrons. The normalized spacial score (nSPS) is 17.8. The molecule has 0 unspecified atom stereocenters. The Bertz CT molecular complexity index is 699. The Balaban J connectivity index is 1.80. The SMILES string of the molecule is Cc1ccc(S(=O)(=O)Oc2ccc([C@H]3CO3)cc2)cc1. The van der Waals surface area contributed by atoms with Gasteiger partial charge in [0, 0.05) is 0 Å². The molecule has 5 heteroatoms. The molecule has 0 aromatic heterocycles. The minimum atomic E-state index is -3.78. The van der Waals surface area contributed by atoms with Crippen molar-refractivity contribution < 1.29 is 17.3 Å². The predicted octanol–water partition coefficient (Wildman–Crippen LogP) is 2.83. The molecular weight excluding hydrogens is 276 g/mol. The third-order valence-electron chi connectivity index (χ3n) is 3.10. The van der Waals surface area contributed by atoms with Crippen molar-refractivity contribution in [1.29, 1.82) is 0 Å². The van der Waals surface area contributed by atoms with Gasteiger partial charge in [-0.2, -0.15) is 8.42 Å². The molecule has 1 aliphatic rings. The van der Waals surface area contributed by atoms with Gasteiger partial charge in [-0.1, -0.05) is 29.8 Å². The first-order valence-corrected chi connectivity index (χ1v) is 7.68. The van der Waals surface area contributed by atoms with Gasteiger partial charge in [-0.25, -0.2) is 0 Å². The van der Waals surface area contributed by atoms with Crippen molar-refractivity contribution in [2.24, 2.45) is 0 Å². The fraction of sp³-hybridized carbons (Fsp3) is 0.200. The van der Waals surface area contributed by atoms with Gasteiger partial charge in [-0.15, -0.1) is 0 Å². The number of rotatable bonds is 4. The maximum absolute atomic E-state index is 12.1. The van der Waals surface area contributed by atoms with Crippen LogP contribution >= 0.6 is 0 Å². The van der Waals surface area contributed by atoms with Crippen molar-refractivity contribution in [2.75, 3.05) is 6.61 Å². The molecule has 1 aliphatic heterocycles. The van der Waals surface area contributed by atoms with Crippen molar-refractivity contribution in [1.82, 2.24) is 0 Å².